The number of benzene rings is 2. The Kier molecular flexibility index (Phi) is 5.09. The number of anilines is 1. The molecule has 30 heavy (non-hydrogen) atoms. The smallest absolute Gasteiger partial charge is 0.353 e. The minimum absolute atomic E-state index is 0.00937. The van der Waals surface area contributed by atoms with Gasteiger partial charge in [-0.15, -0.1) is 0 Å². The summed E-state index contributed by atoms with van der Waals surface area (Å²) >= 11 is 3.08. The van der Waals surface area contributed by atoms with Crippen molar-refractivity contribution in [3.05, 3.63) is 58.1 Å². The summed E-state index contributed by atoms with van der Waals surface area (Å²) < 4.78 is 34.6. The average Bonchev–Trinajstić information content (AvgIpc) is 2.93. The Balaban J connectivity index is 1.65. The molecule has 2 heterocycles. The Bertz CT molecular complexity index is 1040. The fourth-order valence-electron chi connectivity index (χ4n) is 3.84. The molecule has 0 spiro atoms. The third-order valence-electron chi connectivity index (χ3n) is 5.35. The van der Waals surface area contributed by atoms with Gasteiger partial charge in [-0.05, 0) is 36.2 Å². The van der Waals surface area contributed by atoms with Gasteiger partial charge in [0.15, 0.2) is 0 Å². The fourth-order valence-corrected chi connectivity index (χ4v) is 4.45. The summed E-state index contributed by atoms with van der Waals surface area (Å²) in [5.41, 5.74) is 0.206. The first kappa shape index (κ1) is 20.5. The highest BCUT2D eigenvalue weighted by atomic mass is 79.9. The second kappa shape index (κ2) is 7.46. The lowest BCUT2D eigenvalue weighted by Gasteiger charge is -2.35. The van der Waals surface area contributed by atoms with Crippen LogP contribution in [-0.2, 0) is 26.9 Å². The van der Waals surface area contributed by atoms with E-state index in [4.69, 9.17) is 4.74 Å². The van der Waals surface area contributed by atoms with Crippen LogP contribution in [0.3, 0.4) is 0 Å². The number of hydrogen-bond acceptors (Lipinski definition) is 4. The van der Waals surface area contributed by atoms with Crippen LogP contribution >= 0.6 is 15.9 Å². The molecule has 3 amide bonds. The van der Waals surface area contributed by atoms with Gasteiger partial charge in [0.2, 0.25) is 5.91 Å². The first-order valence-electron chi connectivity index (χ1n) is 9.23. The van der Waals surface area contributed by atoms with Crippen LogP contribution in [0.25, 0.3) is 0 Å². The van der Waals surface area contributed by atoms with Gasteiger partial charge in [-0.25, -0.2) is 0 Å². The number of ether oxygens (including phenoxy) is 1. The van der Waals surface area contributed by atoms with E-state index in [9.17, 15) is 23.2 Å². The monoisotopic (exact) mass is 478 g/mol. The SMILES string of the molecule is COc1ccc(CN2C(=O)CCC(N3C(=O)C(F)(F)c4c(Br)cccc43)C2=O)cc1. The van der Waals surface area contributed by atoms with Gasteiger partial charge < -0.3 is 4.74 Å². The van der Waals surface area contributed by atoms with Gasteiger partial charge in [-0.2, -0.15) is 8.78 Å². The van der Waals surface area contributed by atoms with E-state index in [2.05, 4.69) is 15.9 Å². The van der Waals surface area contributed by atoms with Crippen molar-refractivity contribution >= 4 is 39.3 Å². The zero-order chi connectivity index (χ0) is 21.6. The number of likely N-dealkylation sites (tertiary alicyclic amines) is 1. The Morgan fingerprint density at radius 2 is 1.83 bits per heavy atom. The van der Waals surface area contributed by atoms with E-state index in [-0.39, 0.29) is 29.5 Å². The van der Waals surface area contributed by atoms with E-state index >= 15 is 0 Å². The summed E-state index contributed by atoms with van der Waals surface area (Å²) in [6.45, 7) is -0.0120. The lowest BCUT2D eigenvalue weighted by atomic mass is 10.0. The van der Waals surface area contributed by atoms with Gasteiger partial charge in [0.1, 0.15) is 11.8 Å². The summed E-state index contributed by atoms with van der Waals surface area (Å²) in [4.78, 5) is 40.0. The number of piperidine rings is 1. The summed E-state index contributed by atoms with van der Waals surface area (Å²) in [5, 5.41) is 0. The molecule has 6 nitrogen and oxygen atoms in total. The molecule has 4 rings (SSSR count). The lowest BCUT2D eigenvalue weighted by molar-refractivity contribution is -0.152. The van der Waals surface area contributed by atoms with Gasteiger partial charge in [0.25, 0.3) is 5.91 Å². The van der Waals surface area contributed by atoms with Crippen molar-refractivity contribution in [3.8, 4) is 5.75 Å². The van der Waals surface area contributed by atoms with Gasteiger partial charge >= 0.3 is 11.8 Å². The second-order valence-electron chi connectivity index (χ2n) is 7.10. The number of imide groups is 1. The van der Waals surface area contributed by atoms with Crippen LogP contribution < -0.4 is 9.64 Å². The van der Waals surface area contributed by atoms with E-state index in [0.717, 1.165) is 9.80 Å². The number of nitrogens with zero attached hydrogens (tertiary/aromatic N) is 2. The lowest BCUT2D eigenvalue weighted by Crippen LogP contribution is -2.56. The van der Waals surface area contributed by atoms with Crippen molar-refractivity contribution in [3.63, 3.8) is 0 Å². The number of carbonyl (C=O) groups excluding carboxylic acids is 3. The number of carbonyl (C=O) groups is 3. The highest BCUT2D eigenvalue weighted by molar-refractivity contribution is 9.10. The van der Waals surface area contributed by atoms with Gasteiger partial charge in [0, 0.05) is 10.9 Å². The van der Waals surface area contributed by atoms with Crippen molar-refractivity contribution in [2.75, 3.05) is 12.0 Å². The molecule has 2 aromatic rings. The van der Waals surface area contributed by atoms with Crippen LogP contribution in [0, 0.1) is 0 Å². The molecule has 156 valence electrons. The highest BCUT2D eigenvalue weighted by Gasteiger charge is 2.57. The zero-order valence-corrected chi connectivity index (χ0v) is 17.5. The predicted molar refractivity (Wildman–Crippen MR) is 107 cm³/mol. The molecule has 0 saturated carbocycles. The molecular formula is C21H17BrF2N2O4. The quantitative estimate of drug-likeness (QED) is 0.629. The number of rotatable bonds is 4. The molecule has 1 saturated heterocycles. The molecular weight excluding hydrogens is 462 g/mol. The standard InChI is InChI=1S/C21H17BrF2N2O4/c1-30-13-7-5-12(6-8-13)11-25-17(27)10-9-16(19(25)28)26-15-4-2-3-14(22)18(15)21(23,24)20(26)29/h2-8,16H,9-11H2,1H3. The topological polar surface area (TPSA) is 66.9 Å². The molecule has 0 radical (unpaired) electrons. The molecule has 1 fully saturated rings. The van der Waals surface area contributed by atoms with Crippen molar-refractivity contribution in [1.29, 1.82) is 0 Å². The number of halogens is 3. The van der Waals surface area contributed by atoms with E-state index in [0.29, 0.717) is 11.3 Å². The Hall–Kier alpha value is -2.81. The van der Waals surface area contributed by atoms with Gasteiger partial charge in [-0.1, -0.05) is 34.1 Å². The number of hydrogen-bond donors (Lipinski definition) is 0. The molecule has 0 N–H and O–H groups in total. The maximum absolute atomic E-state index is 14.7. The minimum atomic E-state index is -3.75. The van der Waals surface area contributed by atoms with Crippen molar-refractivity contribution in [1.82, 2.24) is 4.90 Å². The van der Waals surface area contributed by atoms with E-state index in [1.54, 1.807) is 24.3 Å². The highest BCUT2D eigenvalue weighted by Crippen LogP contribution is 2.49. The van der Waals surface area contributed by atoms with Crippen LogP contribution in [-0.4, -0.2) is 35.8 Å². The largest absolute Gasteiger partial charge is 0.497 e. The molecule has 2 aliphatic rings. The van der Waals surface area contributed by atoms with Crippen LogP contribution in [0.1, 0.15) is 24.0 Å². The molecule has 2 aliphatic heterocycles. The fraction of sp³-hybridized carbons (Fsp3) is 0.286. The van der Waals surface area contributed by atoms with Gasteiger partial charge in [0.05, 0.1) is 24.9 Å². The maximum atomic E-state index is 14.7. The molecule has 1 atom stereocenters. The van der Waals surface area contributed by atoms with E-state index in [1.807, 2.05) is 0 Å². The van der Waals surface area contributed by atoms with Crippen LogP contribution in [0.2, 0.25) is 0 Å². The summed E-state index contributed by atoms with van der Waals surface area (Å²) in [6, 6.07) is 9.98. The van der Waals surface area contributed by atoms with Crippen LogP contribution in [0.4, 0.5) is 14.5 Å². The third-order valence-corrected chi connectivity index (χ3v) is 6.01. The summed E-state index contributed by atoms with van der Waals surface area (Å²) in [7, 11) is 1.52. The maximum Gasteiger partial charge on any atom is 0.353 e. The first-order chi connectivity index (χ1) is 14.3. The molecule has 0 bridgehead atoms. The average molecular weight is 479 g/mol. The van der Waals surface area contributed by atoms with Crippen molar-refractivity contribution in [2.24, 2.45) is 0 Å². The number of fused-ring (bicyclic) bond motifs is 1. The number of amides is 3. The van der Waals surface area contributed by atoms with Crippen LogP contribution in [0.15, 0.2) is 46.9 Å². The molecule has 2 aromatic carbocycles. The van der Waals surface area contributed by atoms with E-state index < -0.39 is 35.2 Å². The summed E-state index contributed by atoms with van der Waals surface area (Å²) in [5.74, 6) is -5.65. The van der Waals surface area contributed by atoms with Gasteiger partial charge in [-0.3, -0.25) is 24.2 Å². The van der Waals surface area contributed by atoms with Crippen molar-refractivity contribution in [2.45, 2.75) is 31.4 Å². The Labute approximate surface area is 179 Å². The predicted octanol–water partition coefficient (Wildman–Crippen LogP) is 3.61. The minimum Gasteiger partial charge on any atom is -0.497 e. The Morgan fingerprint density at radius 1 is 1.13 bits per heavy atom. The Morgan fingerprint density at radius 3 is 2.50 bits per heavy atom. The molecule has 0 aromatic heterocycles. The normalized spacial score (nSPS) is 20.5. The van der Waals surface area contributed by atoms with Crippen molar-refractivity contribution < 1.29 is 27.9 Å². The second-order valence-corrected chi connectivity index (χ2v) is 7.96. The number of methoxy groups -OCH3 is 1. The molecule has 1 unspecified atom stereocenters. The third kappa shape index (κ3) is 3.17. The number of alkyl halides is 2. The summed E-state index contributed by atoms with van der Waals surface area (Å²) in [6.07, 6.45) is -0.0319. The van der Waals surface area contributed by atoms with Crippen LogP contribution in [0.5, 0.6) is 5.75 Å². The molecule has 0 aliphatic carbocycles. The molecule has 9 heteroatoms. The zero-order valence-electron chi connectivity index (χ0n) is 15.9. The first-order valence-corrected chi connectivity index (χ1v) is 10.0. The van der Waals surface area contributed by atoms with E-state index in [1.165, 1.54) is 25.3 Å².